The minimum absolute atomic E-state index is 0.185. The summed E-state index contributed by atoms with van der Waals surface area (Å²) in [6.07, 6.45) is 1.03. The zero-order valence-corrected chi connectivity index (χ0v) is 8.15. The molecule has 1 amide bonds. The van der Waals surface area contributed by atoms with Gasteiger partial charge in [0.2, 0.25) is 5.91 Å². The van der Waals surface area contributed by atoms with Crippen molar-refractivity contribution in [3.63, 3.8) is 0 Å². The van der Waals surface area contributed by atoms with E-state index in [4.69, 9.17) is 0 Å². The zero-order valence-electron chi connectivity index (χ0n) is 6.56. The Kier molecular flexibility index (Phi) is 5.69. The molecule has 0 spiro atoms. The third kappa shape index (κ3) is 3.20. The largest absolute Gasteiger partial charge is 0.342 e. The third-order valence-corrected chi connectivity index (χ3v) is 1.82. The van der Waals surface area contributed by atoms with E-state index in [1.165, 1.54) is 0 Å². The monoisotopic (exact) mass is 207 g/mol. The Morgan fingerprint density at radius 2 is 2.10 bits per heavy atom. The van der Waals surface area contributed by atoms with Gasteiger partial charge in [-0.3, -0.25) is 4.79 Å². The molecule has 0 aromatic heterocycles. The average Bonchev–Trinajstić information content (AvgIpc) is 1.99. The van der Waals surface area contributed by atoms with E-state index in [-0.39, 0.29) is 5.91 Å². The second kappa shape index (κ2) is 5.71. The maximum absolute atomic E-state index is 11.0. The Balaban J connectivity index is 3.68. The highest BCUT2D eigenvalue weighted by atomic mass is 79.9. The zero-order chi connectivity index (χ0) is 7.98. The molecule has 3 heteroatoms. The Morgan fingerprint density at radius 3 is 2.40 bits per heavy atom. The van der Waals surface area contributed by atoms with E-state index in [0.717, 1.165) is 19.5 Å². The van der Waals surface area contributed by atoms with Crippen LogP contribution < -0.4 is 0 Å². The van der Waals surface area contributed by atoms with Gasteiger partial charge in [0.05, 0.1) is 5.33 Å². The van der Waals surface area contributed by atoms with Crippen molar-refractivity contribution in [2.75, 3.05) is 18.4 Å². The fourth-order valence-electron chi connectivity index (χ4n) is 0.814. The van der Waals surface area contributed by atoms with Crippen molar-refractivity contribution in [3.05, 3.63) is 0 Å². The number of halogens is 1. The van der Waals surface area contributed by atoms with Crippen LogP contribution in [0, 0.1) is 0 Å². The fourth-order valence-corrected chi connectivity index (χ4v) is 1.17. The molecule has 0 atom stereocenters. The predicted molar refractivity (Wildman–Crippen MR) is 46.3 cm³/mol. The predicted octanol–water partition coefficient (Wildman–Crippen LogP) is 1.64. The van der Waals surface area contributed by atoms with Gasteiger partial charge in [0.25, 0.3) is 0 Å². The van der Waals surface area contributed by atoms with E-state index in [9.17, 15) is 4.79 Å². The Morgan fingerprint density at radius 1 is 1.50 bits per heavy atom. The van der Waals surface area contributed by atoms with Crippen LogP contribution in [0.1, 0.15) is 20.3 Å². The maximum Gasteiger partial charge on any atom is 0.233 e. The van der Waals surface area contributed by atoms with Gasteiger partial charge in [-0.15, -0.1) is 0 Å². The Hall–Kier alpha value is -0.0500. The van der Waals surface area contributed by atoms with Gasteiger partial charge in [-0.2, -0.15) is 0 Å². The van der Waals surface area contributed by atoms with Gasteiger partial charge in [-0.25, -0.2) is 0 Å². The Labute approximate surface area is 70.7 Å². The van der Waals surface area contributed by atoms with Gasteiger partial charge in [0.15, 0.2) is 0 Å². The van der Waals surface area contributed by atoms with Crippen LogP contribution in [0.4, 0.5) is 0 Å². The summed E-state index contributed by atoms with van der Waals surface area (Å²) in [5, 5.41) is 0.445. The quantitative estimate of drug-likeness (QED) is 0.643. The molecule has 2 nitrogen and oxygen atoms in total. The van der Waals surface area contributed by atoms with Gasteiger partial charge in [0.1, 0.15) is 0 Å². The van der Waals surface area contributed by atoms with E-state index in [1.54, 1.807) is 0 Å². The highest BCUT2D eigenvalue weighted by Gasteiger charge is 2.06. The van der Waals surface area contributed by atoms with Gasteiger partial charge in [0, 0.05) is 13.1 Å². The molecule has 0 radical (unpaired) electrons. The number of carbonyl (C=O) groups is 1. The molecule has 0 aromatic carbocycles. The van der Waals surface area contributed by atoms with Gasteiger partial charge >= 0.3 is 0 Å². The molecule has 0 aliphatic carbocycles. The second-order valence-electron chi connectivity index (χ2n) is 2.11. The van der Waals surface area contributed by atoms with Gasteiger partial charge in [-0.1, -0.05) is 22.9 Å². The molecular formula is C7H14BrNO. The number of carbonyl (C=O) groups excluding carboxylic acids is 1. The molecule has 0 aromatic rings. The van der Waals surface area contributed by atoms with Crippen LogP contribution in [0.3, 0.4) is 0 Å². The van der Waals surface area contributed by atoms with Crippen molar-refractivity contribution >= 4 is 21.8 Å². The molecule has 0 aliphatic heterocycles. The summed E-state index contributed by atoms with van der Waals surface area (Å²) in [7, 11) is 0. The average molecular weight is 208 g/mol. The molecule has 0 saturated carbocycles. The van der Waals surface area contributed by atoms with Gasteiger partial charge in [-0.05, 0) is 13.3 Å². The van der Waals surface area contributed by atoms with Crippen LogP contribution in [0.25, 0.3) is 0 Å². The minimum Gasteiger partial charge on any atom is -0.342 e. The van der Waals surface area contributed by atoms with Crippen LogP contribution in [0.2, 0.25) is 0 Å². The van der Waals surface area contributed by atoms with Crippen molar-refractivity contribution < 1.29 is 4.79 Å². The molecular weight excluding hydrogens is 194 g/mol. The van der Waals surface area contributed by atoms with Crippen LogP contribution >= 0.6 is 15.9 Å². The normalized spacial score (nSPS) is 9.50. The number of amides is 1. The summed E-state index contributed by atoms with van der Waals surface area (Å²) in [6, 6.07) is 0. The first-order chi connectivity index (χ1) is 4.76. The fraction of sp³-hybridized carbons (Fsp3) is 0.857. The molecule has 10 heavy (non-hydrogen) atoms. The molecule has 0 aliphatic rings. The summed E-state index contributed by atoms with van der Waals surface area (Å²) >= 11 is 3.13. The standard InChI is InChI=1S/C7H14BrNO/c1-3-5-9(4-2)7(10)6-8/h3-6H2,1-2H3. The number of nitrogens with zero attached hydrogens (tertiary/aromatic N) is 1. The molecule has 0 fully saturated rings. The summed E-state index contributed by atoms with van der Waals surface area (Å²) in [5.74, 6) is 0.185. The number of hydrogen-bond acceptors (Lipinski definition) is 1. The van der Waals surface area contributed by atoms with Crippen molar-refractivity contribution in [3.8, 4) is 0 Å². The lowest BCUT2D eigenvalue weighted by atomic mass is 10.4. The van der Waals surface area contributed by atoms with E-state index in [0.29, 0.717) is 5.33 Å². The van der Waals surface area contributed by atoms with Crippen LogP contribution in [-0.2, 0) is 4.79 Å². The number of hydrogen-bond donors (Lipinski definition) is 0. The van der Waals surface area contributed by atoms with Crippen LogP contribution in [0.15, 0.2) is 0 Å². The van der Waals surface area contributed by atoms with Crippen molar-refractivity contribution in [2.24, 2.45) is 0 Å². The molecule has 0 rings (SSSR count). The first kappa shape index (κ1) is 9.95. The van der Waals surface area contributed by atoms with Crippen molar-refractivity contribution in [1.82, 2.24) is 4.90 Å². The smallest absolute Gasteiger partial charge is 0.233 e. The lowest BCUT2D eigenvalue weighted by Crippen LogP contribution is -2.32. The minimum atomic E-state index is 0.185. The Bertz CT molecular complexity index is 106. The molecule has 0 N–H and O–H groups in total. The third-order valence-electron chi connectivity index (χ3n) is 1.34. The first-order valence-corrected chi connectivity index (χ1v) is 4.72. The summed E-state index contributed by atoms with van der Waals surface area (Å²) < 4.78 is 0. The summed E-state index contributed by atoms with van der Waals surface area (Å²) in [4.78, 5) is 12.9. The summed E-state index contributed by atoms with van der Waals surface area (Å²) in [5.41, 5.74) is 0. The number of rotatable bonds is 4. The maximum atomic E-state index is 11.0. The lowest BCUT2D eigenvalue weighted by molar-refractivity contribution is -0.128. The lowest BCUT2D eigenvalue weighted by Gasteiger charge is -2.18. The molecule has 0 saturated heterocycles. The highest BCUT2D eigenvalue weighted by Crippen LogP contribution is 1.94. The van der Waals surface area contributed by atoms with Gasteiger partial charge < -0.3 is 4.90 Å². The van der Waals surface area contributed by atoms with Crippen LogP contribution in [-0.4, -0.2) is 29.2 Å². The van der Waals surface area contributed by atoms with E-state index < -0.39 is 0 Å². The van der Waals surface area contributed by atoms with E-state index >= 15 is 0 Å². The first-order valence-electron chi connectivity index (χ1n) is 3.60. The number of alkyl halides is 1. The SMILES string of the molecule is CCCN(CC)C(=O)CBr. The molecule has 0 unspecified atom stereocenters. The van der Waals surface area contributed by atoms with Crippen molar-refractivity contribution in [1.29, 1.82) is 0 Å². The summed E-state index contributed by atoms with van der Waals surface area (Å²) in [6.45, 7) is 5.76. The van der Waals surface area contributed by atoms with Crippen molar-refractivity contribution in [2.45, 2.75) is 20.3 Å². The molecule has 0 bridgehead atoms. The van der Waals surface area contributed by atoms with E-state index in [2.05, 4.69) is 22.9 Å². The highest BCUT2D eigenvalue weighted by molar-refractivity contribution is 9.09. The second-order valence-corrected chi connectivity index (χ2v) is 2.67. The molecule has 60 valence electrons. The topological polar surface area (TPSA) is 20.3 Å². The van der Waals surface area contributed by atoms with E-state index in [1.807, 2.05) is 11.8 Å². The molecule has 0 heterocycles. The van der Waals surface area contributed by atoms with Crippen LogP contribution in [0.5, 0.6) is 0 Å².